The molecular weight excluding hydrogens is 441 g/mol. The number of carbonyl (C=O) groups is 1. The third-order valence-electron chi connectivity index (χ3n) is 5.53. The van der Waals surface area contributed by atoms with E-state index in [9.17, 15) is 18.0 Å². The first-order chi connectivity index (χ1) is 16.4. The SMILES string of the molecule is CCc1ccc(-c2ccc(-c3ccc(C(=O)Oc4ccc(OC)cc4F)cc3)c(F)c2F)cc1. The first-order valence-electron chi connectivity index (χ1n) is 10.6. The van der Waals surface area contributed by atoms with Crippen molar-refractivity contribution in [1.82, 2.24) is 0 Å². The first kappa shape index (κ1) is 23.1. The van der Waals surface area contributed by atoms with Crippen LogP contribution in [-0.4, -0.2) is 13.1 Å². The van der Waals surface area contributed by atoms with Crippen molar-refractivity contribution < 1.29 is 27.4 Å². The molecule has 4 rings (SSSR count). The van der Waals surface area contributed by atoms with Crippen molar-refractivity contribution in [2.45, 2.75) is 13.3 Å². The third-order valence-corrected chi connectivity index (χ3v) is 5.53. The molecule has 0 aromatic heterocycles. The molecular formula is C28H21F3O3. The van der Waals surface area contributed by atoms with E-state index >= 15 is 0 Å². The summed E-state index contributed by atoms with van der Waals surface area (Å²) in [6.07, 6.45) is 0.856. The number of hydrogen-bond donors (Lipinski definition) is 0. The van der Waals surface area contributed by atoms with Gasteiger partial charge >= 0.3 is 5.97 Å². The average molecular weight is 462 g/mol. The summed E-state index contributed by atoms with van der Waals surface area (Å²) in [7, 11) is 1.40. The summed E-state index contributed by atoms with van der Waals surface area (Å²) in [5, 5.41) is 0. The highest BCUT2D eigenvalue weighted by Gasteiger charge is 2.17. The van der Waals surface area contributed by atoms with Crippen LogP contribution >= 0.6 is 0 Å². The van der Waals surface area contributed by atoms with Gasteiger partial charge in [0, 0.05) is 17.2 Å². The van der Waals surface area contributed by atoms with E-state index in [1.807, 2.05) is 19.1 Å². The van der Waals surface area contributed by atoms with Gasteiger partial charge < -0.3 is 9.47 Å². The maximum absolute atomic E-state index is 14.9. The molecule has 172 valence electrons. The largest absolute Gasteiger partial charge is 0.497 e. The van der Waals surface area contributed by atoms with E-state index in [-0.39, 0.29) is 22.4 Å². The monoisotopic (exact) mass is 462 g/mol. The highest BCUT2D eigenvalue weighted by molar-refractivity contribution is 5.91. The Morgan fingerprint density at radius 3 is 1.82 bits per heavy atom. The molecule has 4 aromatic carbocycles. The normalized spacial score (nSPS) is 10.7. The maximum Gasteiger partial charge on any atom is 0.343 e. The predicted molar refractivity (Wildman–Crippen MR) is 125 cm³/mol. The number of halogens is 3. The summed E-state index contributed by atoms with van der Waals surface area (Å²) < 4.78 is 53.8. The van der Waals surface area contributed by atoms with E-state index in [2.05, 4.69) is 0 Å². The van der Waals surface area contributed by atoms with Gasteiger partial charge in [-0.15, -0.1) is 0 Å². The van der Waals surface area contributed by atoms with Crippen LogP contribution in [0.5, 0.6) is 11.5 Å². The van der Waals surface area contributed by atoms with Crippen LogP contribution in [0.15, 0.2) is 78.9 Å². The highest BCUT2D eigenvalue weighted by atomic mass is 19.2. The van der Waals surface area contributed by atoms with Crippen LogP contribution in [0.1, 0.15) is 22.8 Å². The Hall–Kier alpha value is -4.06. The van der Waals surface area contributed by atoms with Crippen LogP contribution < -0.4 is 9.47 Å². The third kappa shape index (κ3) is 4.66. The van der Waals surface area contributed by atoms with Crippen molar-refractivity contribution in [1.29, 1.82) is 0 Å². The number of hydrogen-bond acceptors (Lipinski definition) is 3. The van der Waals surface area contributed by atoms with Gasteiger partial charge in [-0.1, -0.05) is 55.5 Å². The number of methoxy groups -OCH3 is 1. The molecule has 4 aromatic rings. The lowest BCUT2D eigenvalue weighted by molar-refractivity contribution is 0.0727. The van der Waals surface area contributed by atoms with Gasteiger partial charge in [0.25, 0.3) is 0 Å². The van der Waals surface area contributed by atoms with Crippen LogP contribution in [0.4, 0.5) is 13.2 Å². The van der Waals surface area contributed by atoms with Crippen molar-refractivity contribution >= 4 is 5.97 Å². The van der Waals surface area contributed by atoms with Crippen molar-refractivity contribution in [3.05, 3.63) is 107 Å². The highest BCUT2D eigenvalue weighted by Crippen LogP contribution is 2.32. The number of ether oxygens (including phenoxy) is 2. The van der Waals surface area contributed by atoms with E-state index in [0.29, 0.717) is 16.9 Å². The summed E-state index contributed by atoms with van der Waals surface area (Å²) >= 11 is 0. The number of rotatable bonds is 6. The van der Waals surface area contributed by atoms with Crippen molar-refractivity contribution in [2.75, 3.05) is 7.11 Å². The maximum atomic E-state index is 14.9. The number of aryl methyl sites for hydroxylation is 1. The number of carbonyl (C=O) groups excluding carboxylic acids is 1. The molecule has 0 fully saturated rings. The quantitative estimate of drug-likeness (QED) is 0.224. The fourth-order valence-electron chi connectivity index (χ4n) is 3.55. The zero-order valence-corrected chi connectivity index (χ0v) is 18.6. The molecule has 3 nitrogen and oxygen atoms in total. The zero-order valence-electron chi connectivity index (χ0n) is 18.6. The van der Waals surface area contributed by atoms with Crippen LogP contribution in [0.3, 0.4) is 0 Å². The van der Waals surface area contributed by atoms with Gasteiger partial charge in [-0.05, 0) is 47.4 Å². The molecule has 0 aliphatic carbocycles. The Morgan fingerprint density at radius 1 is 0.765 bits per heavy atom. The molecule has 0 aliphatic heterocycles. The van der Waals surface area contributed by atoms with E-state index < -0.39 is 23.4 Å². The fourth-order valence-corrected chi connectivity index (χ4v) is 3.55. The second-order valence-electron chi connectivity index (χ2n) is 7.60. The van der Waals surface area contributed by atoms with Gasteiger partial charge in [-0.2, -0.15) is 0 Å². The second-order valence-corrected chi connectivity index (χ2v) is 7.60. The van der Waals surface area contributed by atoms with Crippen LogP contribution in [0.2, 0.25) is 0 Å². The molecule has 6 heteroatoms. The van der Waals surface area contributed by atoms with Gasteiger partial charge in [0.05, 0.1) is 12.7 Å². The van der Waals surface area contributed by atoms with E-state index in [0.717, 1.165) is 18.1 Å². The smallest absolute Gasteiger partial charge is 0.343 e. The van der Waals surface area contributed by atoms with Gasteiger partial charge in [-0.3, -0.25) is 0 Å². The molecule has 0 spiro atoms. The van der Waals surface area contributed by atoms with E-state index in [1.165, 1.54) is 55.6 Å². The lowest BCUT2D eigenvalue weighted by Gasteiger charge is -2.11. The fraction of sp³-hybridized carbons (Fsp3) is 0.107. The molecule has 0 saturated heterocycles. The Labute approximate surface area is 195 Å². The topological polar surface area (TPSA) is 35.5 Å². The second kappa shape index (κ2) is 9.83. The molecule has 34 heavy (non-hydrogen) atoms. The predicted octanol–water partition coefficient (Wildman–Crippen LogP) is 7.23. The van der Waals surface area contributed by atoms with Gasteiger partial charge in [0.15, 0.2) is 23.2 Å². The summed E-state index contributed by atoms with van der Waals surface area (Å²) in [5.41, 5.74) is 2.45. The standard InChI is InChI=1S/C28H21F3O3/c1-3-17-4-6-18(7-5-17)22-13-14-23(27(31)26(22)30)19-8-10-20(11-9-19)28(32)34-25-15-12-21(33-2)16-24(25)29/h4-16H,3H2,1-2H3. The minimum absolute atomic E-state index is 0.0625. The van der Waals surface area contributed by atoms with Crippen LogP contribution in [-0.2, 0) is 6.42 Å². The van der Waals surface area contributed by atoms with Gasteiger partial charge in [0.2, 0.25) is 0 Å². The lowest BCUT2D eigenvalue weighted by Crippen LogP contribution is -2.09. The van der Waals surface area contributed by atoms with Gasteiger partial charge in [-0.25, -0.2) is 18.0 Å². The zero-order chi connectivity index (χ0) is 24.2. The number of esters is 1. The summed E-state index contributed by atoms with van der Waals surface area (Å²) in [5.74, 6) is -3.40. The van der Waals surface area contributed by atoms with Crippen LogP contribution in [0.25, 0.3) is 22.3 Å². The molecule has 0 atom stereocenters. The summed E-state index contributed by atoms with van der Waals surface area (Å²) in [6.45, 7) is 2.02. The van der Waals surface area contributed by atoms with Gasteiger partial charge in [0.1, 0.15) is 5.75 Å². The minimum Gasteiger partial charge on any atom is -0.497 e. The molecule has 0 bridgehead atoms. The first-order valence-corrected chi connectivity index (χ1v) is 10.6. The Morgan fingerprint density at radius 2 is 1.32 bits per heavy atom. The van der Waals surface area contributed by atoms with Crippen molar-refractivity contribution in [2.24, 2.45) is 0 Å². The molecule has 0 radical (unpaired) electrons. The lowest BCUT2D eigenvalue weighted by atomic mass is 9.97. The van der Waals surface area contributed by atoms with Crippen LogP contribution in [0, 0.1) is 17.5 Å². The summed E-state index contributed by atoms with van der Waals surface area (Å²) in [4.78, 5) is 12.4. The Balaban J connectivity index is 1.55. The van der Waals surface area contributed by atoms with E-state index in [1.54, 1.807) is 12.1 Å². The molecule has 0 N–H and O–H groups in total. The number of benzene rings is 4. The molecule has 0 saturated carbocycles. The van der Waals surface area contributed by atoms with Crippen molar-refractivity contribution in [3.8, 4) is 33.8 Å². The van der Waals surface area contributed by atoms with Crippen molar-refractivity contribution in [3.63, 3.8) is 0 Å². The average Bonchev–Trinajstić information content (AvgIpc) is 2.87. The molecule has 0 aliphatic rings. The molecule has 0 unspecified atom stereocenters. The summed E-state index contributed by atoms with van der Waals surface area (Å²) in [6, 6.07) is 20.0. The Kier molecular flexibility index (Phi) is 6.68. The molecule has 0 heterocycles. The Bertz CT molecular complexity index is 1330. The van der Waals surface area contributed by atoms with E-state index in [4.69, 9.17) is 9.47 Å². The minimum atomic E-state index is -0.979. The molecule has 0 amide bonds.